The van der Waals surface area contributed by atoms with Crippen LogP contribution in [-0.4, -0.2) is 37.6 Å². The molecule has 0 aliphatic carbocycles. The summed E-state index contributed by atoms with van der Waals surface area (Å²) in [7, 11) is -3.68. The number of hydrogen-bond donors (Lipinski definition) is 3. The van der Waals surface area contributed by atoms with Gasteiger partial charge in [-0.2, -0.15) is 0 Å². The maximum atomic E-state index is 12.2. The molecule has 0 aliphatic heterocycles. The second kappa shape index (κ2) is 7.50. The van der Waals surface area contributed by atoms with Crippen LogP contribution in [-0.2, 0) is 21.2 Å². The second-order valence-corrected chi connectivity index (χ2v) is 8.46. The Bertz CT molecular complexity index is 1060. The highest BCUT2D eigenvalue weighted by atomic mass is 32.2. The van der Waals surface area contributed by atoms with Gasteiger partial charge in [-0.05, 0) is 35.4 Å². The molecular formula is C17H17N3O4S2. The smallest absolute Gasteiger partial charge is 0.240 e. The number of hydrogen-bond acceptors (Lipinski definition) is 6. The first kappa shape index (κ1) is 18.5. The van der Waals surface area contributed by atoms with Crippen molar-refractivity contribution < 1.29 is 18.3 Å². The fourth-order valence-corrected chi connectivity index (χ4v) is 4.57. The SMILES string of the molecule is NC(=O)Cc1nc2ccc(-c3cccc(S(=O)(=O)NCCO)c3)cc2s1. The number of aliphatic hydroxyl groups is 1. The summed E-state index contributed by atoms with van der Waals surface area (Å²) in [6, 6.07) is 12.1. The van der Waals surface area contributed by atoms with Crippen LogP contribution in [0, 0.1) is 0 Å². The molecule has 3 rings (SSSR count). The summed E-state index contributed by atoms with van der Waals surface area (Å²) in [5.74, 6) is -0.433. The fraction of sp³-hybridized carbons (Fsp3) is 0.176. The molecule has 9 heteroatoms. The van der Waals surface area contributed by atoms with Gasteiger partial charge in [0.15, 0.2) is 0 Å². The van der Waals surface area contributed by atoms with Gasteiger partial charge >= 0.3 is 0 Å². The van der Waals surface area contributed by atoms with E-state index in [0.717, 1.165) is 21.3 Å². The van der Waals surface area contributed by atoms with Gasteiger partial charge in [0.25, 0.3) is 0 Å². The van der Waals surface area contributed by atoms with Gasteiger partial charge < -0.3 is 10.8 Å². The Hall–Kier alpha value is -2.33. The molecule has 1 heterocycles. The van der Waals surface area contributed by atoms with E-state index in [9.17, 15) is 13.2 Å². The first-order chi connectivity index (χ1) is 12.4. The maximum absolute atomic E-state index is 12.2. The largest absolute Gasteiger partial charge is 0.395 e. The summed E-state index contributed by atoms with van der Waals surface area (Å²) in [4.78, 5) is 15.5. The molecule has 4 N–H and O–H groups in total. The van der Waals surface area contributed by atoms with Crippen LogP contribution in [0.25, 0.3) is 21.3 Å². The van der Waals surface area contributed by atoms with E-state index in [1.54, 1.807) is 12.1 Å². The summed E-state index contributed by atoms with van der Waals surface area (Å²) in [6.45, 7) is -0.309. The van der Waals surface area contributed by atoms with Gasteiger partial charge in [0.2, 0.25) is 15.9 Å². The van der Waals surface area contributed by atoms with Crippen LogP contribution in [0.2, 0.25) is 0 Å². The second-order valence-electron chi connectivity index (χ2n) is 5.58. The lowest BCUT2D eigenvalue weighted by Crippen LogP contribution is -2.26. The topological polar surface area (TPSA) is 122 Å². The van der Waals surface area contributed by atoms with Crippen LogP contribution in [0.4, 0.5) is 0 Å². The fourth-order valence-electron chi connectivity index (χ4n) is 2.48. The maximum Gasteiger partial charge on any atom is 0.240 e. The molecule has 0 atom stereocenters. The number of thiazole rings is 1. The van der Waals surface area contributed by atoms with E-state index in [4.69, 9.17) is 10.8 Å². The summed E-state index contributed by atoms with van der Waals surface area (Å²) in [6.07, 6.45) is 0.0962. The molecule has 1 amide bonds. The van der Waals surface area contributed by atoms with Crippen molar-refractivity contribution in [2.45, 2.75) is 11.3 Å². The van der Waals surface area contributed by atoms with Crippen molar-refractivity contribution in [1.82, 2.24) is 9.71 Å². The number of aliphatic hydroxyl groups excluding tert-OH is 1. The molecule has 0 saturated heterocycles. The van der Waals surface area contributed by atoms with Gasteiger partial charge in [-0.1, -0.05) is 18.2 Å². The molecular weight excluding hydrogens is 374 g/mol. The van der Waals surface area contributed by atoms with Crippen LogP contribution in [0.1, 0.15) is 5.01 Å². The Morgan fingerprint density at radius 3 is 2.69 bits per heavy atom. The van der Waals surface area contributed by atoms with E-state index < -0.39 is 15.9 Å². The number of fused-ring (bicyclic) bond motifs is 1. The van der Waals surface area contributed by atoms with E-state index in [0.29, 0.717) is 5.01 Å². The number of nitrogens with one attached hydrogen (secondary N) is 1. The summed E-state index contributed by atoms with van der Waals surface area (Å²) < 4.78 is 27.7. The van der Waals surface area contributed by atoms with Crippen molar-refractivity contribution in [3.63, 3.8) is 0 Å². The number of nitrogens with zero attached hydrogens (tertiary/aromatic N) is 1. The molecule has 2 aromatic carbocycles. The number of amides is 1. The third-order valence-corrected chi connectivity index (χ3v) is 6.12. The lowest BCUT2D eigenvalue weighted by molar-refractivity contribution is -0.117. The third-order valence-electron chi connectivity index (χ3n) is 3.64. The van der Waals surface area contributed by atoms with Crippen molar-refractivity contribution in [2.75, 3.05) is 13.2 Å². The summed E-state index contributed by atoms with van der Waals surface area (Å²) in [5, 5.41) is 9.45. The quantitative estimate of drug-likeness (QED) is 0.560. The molecule has 0 saturated carbocycles. The molecule has 136 valence electrons. The molecule has 0 unspecified atom stereocenters. The number of carbonyl (C=O) groups is 1. The Morgan fingerprint density at radius 1 is 1.19 bits per heavy atom. The molecule has 1 aromatic heterocycles. The number of benzene rings is 2. The van der Waals surface area contributed by atoms with E-state index in [1.165, 1.54) is 17.4 Å². The number of carbonyl (C=O) groups excluding carboxylic acids is 1. The zero-order chi connectivity index (χ0) is 18.7. The van der Waals surface area contributed by atoms with Gasteiger partial charge in [-0.15, -0.1) is 11.3 Å². The third kappa shape index (κ3) is 4.07. The minimum Gasteiger partial charge on any atom is -0.395 e. The highest BCUT2D eigenvalue weighted by molar-refractivity contribution is 7.89. The highest BCUT2D eigenvalue weighted by Gasteiger charge is 2.14. The molecule has 0 bridgehead atoms. The Balaban J connectivity index is 1.96. The van der Waals surface area contributed by atoms with Gasteiger partial charge in [-0.3, -0.25) is 4.79 Å². The van der Waals surface area contributed by atoms with Crippen molar-refractivity contribution >= 4 is 37.5 Å². The van der Waals surface area contributed by atoms with Gasteiger partial charge in [0.1, 0.15) is 5.01 Å². The Kier molecular flexibility index (Phi) is 5.33. The van der Waals surface area contributed by atoms with Gasteiger partial charge in [-0.25, -0.2) is 18.1 Å². The van der Waals surface area contributed by atoms with Gasteiger partial charge in [0, 0.05) is 6.54 Å². The first-order valence-corrected chi connectivity index (χ1v) is 10.1. The zero-order valence-corrected chi connectivity index (χ0v) is 15.3. The summed E-state index contributed by atoms with van der Waals surface area (Å²) in [5.41, 5.74) is 7.55. The predicted molar refractivity (Wildman–Crippen MR) is 100 cm³/mol. The standard InChI is InChI=1S/C17H17N3O4S2/c18-16(22)10-17-20-14-5-4-12(9-15(14)25-17)11-2-1-3-13(8-11)26(23,24)19-6-7-21/h1-5,8-9,19,21H,6-7,10H2,(H2,18,22). The van der Waals surface area contributed by atoms with E-state index in [2.05, 4.69) is 9.71 Å². The van der Waals surface area contributed by atoms with Crippen LogP contribution in [0.15, 0.2) is 47.4 Å². The molecule has 0 radical (unpaired) electrons. The van der Waals surface area contributed by atoms with Crippen LogP contribution >= 0.6 is 11.3 Å². The minimum atomic E-state index is -3.68. The average molecular weight is 391 g/mol. The molecule has 26 heavy (non-hydrogen) atoms. The lowest BCUT2D eigenvalue weighted by atomic mass is 10.1. The minimum absolute atomic E-state index is 0.0397. The Labute approximate surface area is 154 Å². The van der Waals surface area contributed by atoms with E-state index >= 15 is 0 Å². The molecule has 7 nitrogen and oxygen atoms in total. The molecule has 0 aliphatic rings. The normalized spacial score (nSPS) is 11.7. The van der Waals surface area contributed by atoms with E-state index in [1.807, 2.05) is 24.3 Å². The van der Waals surface area contributed by atoms with Crippen molar-refractivity contribution in [1.29, 1.82) is 0 Å². The van der Waals surface area contributed by atoms with Crippen molar-refractivity contribution in [3.05, 3.63) is 47.5 Å². The van der Waals surface area contributed by atoms with Crippen LogP contribution in [0.5, 0.6) is 0 Å². The summed E-state index contributed by atoms with van der Waals surface area (Å²) >= 11 is 1.38. The number of aromatic nitrogens is 1. The number of sulfonamides is 1. The average Bonchev–Trinajstić information content (AvgIpc) is 3.00. The lowest BCUT2D eigenvalue weighted by Gasteiger charge is -2.08. The number of primary amides is 1. The number of nitrogens with two attached hydrogens (primary N) is 1. The Morgan fingerprint density at radius 2 is 1.96 bits per heavy atom. The molecule has 0 spiro atoms. The number of rotatable bonds is 7. The van der Waals surface area contributed by atoms with Crippen molar-refractivity contribution in [2.24, 2.45) is 5.73 Å². The van der Waals surface area contributed by atoms with Crippen molar-refractivity contribution in [3.8, 4) is 11.1 Å². The highest BCUT2D eigenvalue weighted by Crippen LogP contribution is 2.29. The first-order valence-electron chi connectivity index (χ1n) is 7.78. The zero-order valence-electron chi connectivity index (χ0n) is 13.7. The van der Waals surface area contributed by atoms with E-state index in [-0.39, 0.29) is 24.5 Å². The molecule has 3 aromatic rings. The van der Waals surface area contributed by atoms with Crippen LogP contribution in [0.3, 0.4) is 0 Å². The van der Waals surface area contributed by atoms with Crippen LogP contribution < -0.4 is 10.5 Å². The predicted octanol–water partition coefficient (Wildman–Crippen LogP) is 1.26. The van der Waals surface area contributed by atoms with Gasteiger partial charge in [0.05, 0.1) is 28.1 Å². The molecule has 0 fully saturated rings. The monoisotopic (exact) mass is 391 g/mol.